The highest BCUT2D eigenvalue weighted by Gasteiger charge is 2.19. The predicted octanol–water partition coefficient (Wildman–Crippen LogP) is 4.50. The molecule has 3 rings (SSSR count). The summed E-state index contributed by atoms with van der Waals surface area (Å²) in [7, 11) is 0. The van der Waals surface area contributed by atoms with Crippen LogP contribution < -0.4 is 10.3 Å². The molecule has 2 heterocycles. The van der Waals surface area contributed by atoms with E-state index in [1.54, 1.807) is 15.9 Å². The van der Waals surface area contributed by atoms with E-state index in [0.29, 0.717) is 16.3 Å². The fourth-order valence-corrected chi connectivity index (χ4v) is 5.07. The fourth-order valence-electron chi connectivity index (χ4n) is 2.97. The molecule has 28 heavy (non-hydrogen) atoms. The van der Waals surface area contributed by atoms with E-state index in [1.165, 1.54) is 11.8 Å². The van der Waals surface area contributed by atoms with Gasteiger partial charge in [-0.1, -0.05) is 30.0 Å². The zero-order valence-corrected chi connectivity index (χ0v) is 18.5. The third-order valence-electron chi connectivity index (χ3n) is 4.65. The summed E-state index contributed by atoms with van der Waals surface area (Å²) in [6.45, 7) is 10.1. The lowest BCUT2D eigenvalue weighted by atomic mass is 10.2. The summed E-state index contributed by atoms with van der Waals surface area (Å²) in [6.07, 6.45) is -0.662. The molecule has 7 heteroatoms. The monoisotopic (exact) mass is 418 g/mol. The molecule has 1 aromatic carbocycles. The van der Waals surface area contributed by atoms with Gasteiger partial charge in [0, 0.05) is 16.7 Å². The Morgan fingerprint density at radius 2 is 1.96 bits per heavy atom. The minimum Gasteiger partial charge on any atom is -0.491 e. The Morgan fingerprint density at radius 1 is 1.25 bits per heavy atom. The Balaban J connectivity index is 1.77. The number of aliphatic hydroxyl groups excluding tert-OH is 1. The number of hydrogen-bond acceptors (Lipinski definition) is 6. The molecular formula is C21H26N2O3S2. The molecular weight excluding hydrogens is 392 g/mol. The van der Waals surface area contributed by atoms with Crippen LogP contribution in [-0.4, -0.2) is 33.1 Å². The molecule has 0 aliphatic rings. The van der Waals surface area contributed by atoms with Crippen LogP contribution in [0.25, 0.3) is 10.2 Å². The van der Waals surface area contributed by atoms with Crippen LogP contribution in [0.3, 0.4) is 0 Å². The van der Waals surface area contributed by atoms with Gasteiger partial charge in [0.05, 0.1) is 11.5 Å². The molecule has 0 amide bonds. The molecule has 0 aliphatic carbocycles. The second-order valence-electron chi connectivity index (χ2n) is 7.17. The standard InChI is InChI=1S/C21H26N2O3S2/c1-12(2)23-20(25)18-14(4)15(5)28-19(18)22-21(23)27-11-16(24)10-26-17-9-7-6-8-13(17)3/h6-9,12,16,24H,10-11H2,1-5H3/t16-/m1/s1. The number of aliphatic hydroxyl groups is 1. The Morgan fingerprint density at radius 3 is 2.64 bits per heavy atom. The summed E-state index contributed by atoms with van der Waals surface area (Å²) in [4.78, 5) is 19.7. The van der Waals surface area contributed by atoms with Gasteiger partial charge in [-0.25, -0.2) is 4.98 Å². The predicted molar refractivity (Wildman–Crippen MR) is 117 cm³/mol. The number of aromatic nitrogens is 2. The third kappa shape index (κ3) is 4.26. The van der Waals surface area contributed by atoms with Crippen molar-refractivity contribution in [2.75, 3.05) is 12.4 Å². The Bertz CT molecular complexity index is 1040. The van der Waals surface area contributed by atoms with E-state index in [-0.39, 0.29) is 18.2 Å². The van der Waals surface area contributed by atoms with Crippen molar-refractivity contribution in [3.63, 3.8) is 0 Å². The molecule has 0 saturated carbocycles. The summed E-state index contributed by atoms with van der Waals surface area (Å²) < 4.78 is 7.45. The largest absolute Gasteiger partial charge is 0.491 e. The molecule has 2 aromatic heterocycles. The summed E-state index contributed by atoms with van der Waals surface area (Å²) in [5.41, 5.74) is 2.04. The highest BCUT2D eigenvalue weighted by Crippen LogP contribution is 2.29. The quantitative estimate of drug-likeness (QED) is 0.452. The zero-order valence-electron chi connectivity index (χ0n) is 16.9. The number of ether oxygens (including phenoxy) is 1. The minimum atomic E-state index is -0.662. The van der Waals surface area contributed by atoms with Gasteiger partial charge in [0.1, 0.15) is 17.2 Å². The molecule has 1 N–H and O–H groups in total. The molecule has 5 nitrogen and oxygen atoms in total. The second-order valence-corrected chi connectivity index (χ2v) is 9.36. The van der Waals surface area contributed by atoms with Crippen LogP contribution in [0, 0.1) is 20.8 Å². The fraction of sp³-hybridized carbons (Fsp3) is 0.429. The molecule has 0 unspecified atom stereocenters. The van der Waals surface area contributed by atoms with Crippen molar-refractivity contribution < 1.29 is 9.84 Å². The number of fused-ring (bicyclic) bond motifs is 1. The summed E-state index contributed by atoms with van der Waals surface area (Å²) in [5.74, 6) is 1.18. The molecule has 3 aromatic rings. The number of thiophene rings is 1. The molecule has 150 valence electrons. The van der Waals surface area contributed by atoms with Crippen molar-refractivity contribution in [3.05, 3.63) is 50.6 Å². The molecule has 0 fully saturated rings. The highest BCUT2D eigenvalue weighted by atomic mass is 32.2. The van der Waals surface area contributed by atoms with Gasteiger partial charge < -0.3 is 9.84 Å². The van der Waals surface area contributed by atoms with Crippen molar-refractivity contribution in [1.29, 1.82) is 0 Å². The molecule has 0 radical (unpaired) electrons. The molecule has 1 atom stereocenters. The number of aryl methyl sites for hydroxylation is 3. The van der Waals surface area contributed by atoms with E-state index < -0.39 is 6.10 Å². The summed E-state index contributed by atoms with van der Waals surface area (Å²) >= 11 is 2.94. The first kappa shape index (κ1) is 20.9. The number of nitrogens with zero attached hydrogens (tertiary/aromatic N) is 2. The van der Waals surface area contributed by atoms with Crippen molar-refractivity contribution in [2.45, 2.75) is 51.9 Å². The smallest absolute Gasteiger partial charge is 0.263 e. The number of hydrogen-bond donors (Lipinski definition) is 1. The first-order chi connectivity index (χ1) is 13.3. The number of para-hydroxylation sites is 1. The van der Waals surface area contributed by atoms with Crippen molar-refractivity contribution in [1.82, 2.24) is 9.55 Å². The van der Waals surface area contributed by atoms with Crippen LogP contribution in [0.15, 0.2) is 34.2 Å². The van der Waals surface area contributed by atoms with Gasteiger partial charge in [-0.15, -0.1) is 11.3 Å². The lowest BCUT2D eigenvalue weighted by Crippen LogP contribution is -2.26. The third-order valence-corrected chi connectivity index (χ3v) is 6.85. The van der Waals surface area contributed by atoms with Gasteiger partial charge in [0.15, 0.2) is 5.16 Å². The van der Waals surface area contributed by atoms with Crippen LogP contribution >= 0.6 is 23.1 Å². The van der Waals surface area contributed by atoms with Crippen molar-refractivity contribution in [3.8, 4) is 5.75 Å². The van der Waals surface area contributed by atoms with Crippen molar-refractivity contribution >= 4 is 33.3 Å². The number of rotatable bonds is 7. The Labute approximate surface area is 173 Å². The Kier molecular flexibility index (Phi) is 6.47. The van der Waals surface area contributed by atoms with Crippen LogP contribution in [0.1, 0.15) is 35.9 Å². The topological polar surface area (TPSA) is 64.3 Å². The highest BCUT2D eigenvalue weighted by molar-refractivity contribution is 7.99. The summed E-state index contributed by atoms with van der Waals surface area (Å²) in [5, 5.41) is 11.7. The SMILES string of the molecule is Cc1ccccc1OC[C@@H](O)CSc1nc2sc(C)c(C)c2c(=O)n1C(C)C. The van der Waals surface area contributed by atoms with Crippen LogP contribution in [0.4, 0.5) is 0 Å². The van der Waals surface area contributed by atoms with Gasteiger partial charge in [-0.2, -0.15) is 0 Å². The van der Waals surface area contributed by atoms with Crippen LogP contribution in [0.2, 0.25) is 0 Å². The average molecular weight is 419 g/mol. The first-order valence-corrected chi connectivity index (χ1v) is 11.1. The summed E-state index contributed by atoms with van der Waals surface area (Å²) in [6, 6.07) is 7.72. The van der Waals surface area contributed by atoms with Gasteiger partial charge in [-0.3, -0.25) is 9.36 Å². The maximum Gasteiger partial charge on any atom is 0.263 e. The minimum absolute atomic E-state index is 0.00463. The molecule has 0 bridgehead atoms. The van der Waals surface area contributed by atoms with Gasteiger partial charge in [0.2, 0.25) is 0 Å². The molecule has 0 saturated heterocycles. The lowest BCUT2D eigenvalue weighted by molar-refractivity contribution is 0.126. The van der Waals surface area contributed by atoms with E-state index in [4.69, 9.17) is 9.72 Å². The van der Waals surface area contributed by atoms with E-state index in [2.05, 4.69) is 0 Å². The van der Waals surface area contributed by atoms with Gasteiger partial charge in [-0.05, 0) is 51.8 Å². The Hall–Kier alpha value is -1.83. The second kappa shape index (κ2) is 8.68. The van der Waals surface area contributed by atoms with E-state index in [0.717, 1.165) is 26.6 Å². The number of benzene rings is 1. The number of thioether (sulfide) groups is 1. The van der Waals surface area contributed by atoms with Crippen molar-refractivity contribution in [2.24, 2.45) is 0 Å². The molecule has 0 spiro atoms. The first-order valence-electron chi connectivity index (χ1n) is 9.31. The van der Waals surface area contributed by atoms with E-state index in [9.17, 15) is 9.90 Å². The lowest BCUT2D eigenvalue weighted by Gasteiger charge is -2.17. The molecule has 0 aliphatic heterocycles. The van der Waals surface area contributed by atoms with E-state index in [1.807, 2.05) is 58.9 Å². The zero-order chi connectivity index (χ0) is 20.4. The van der Waals surface area contributed by atoms with Gasteiger partial charge >= 0.3 is 0 Å². The van der Waals surface area contributed by atoms with E-state index >= 15 is 0 Å². The maximum absolute atomic E-state index is 13.0. The van der Waals surface area contributed by atoms with Crippen LogP contribution in [0.5, 0.6) is 5.75 Å². The van der Waals surface area contributed by atoms with Crippen LogP contribution in [-0.2, 0) is 0 Å². The normalized spacial score (nSPS) is 12.7. The average Bonchev–Trinajstić information content (AvgIpc) is 2.93. The van der Waals surface area contributed by atoms with Gasteiger partial charge in [0.25, 0.3) is 5.56 Å². The maximum atomic E-state index is 13.0.